The standard InChI is InChI=1S/C24H28O6/c1-17(14-18-6-10-20(27-2)11-7-18)15-24(22(25)29-4,23(26)30-5)16-19-8-12-21(28-3)13-9-19/h6-13H,1,14-16H2,2-5H3. The van der Waals surface area contributed by atoms with Crippen LogP contribution in [0.2, 0.25) is 0 Å². The van der Waals surface area contributed by atoms with Crippen LogP contribution >= 0.6 is 0 Å². The molecule has 30 heavy (non-hydrogen) atoms. The summed E-state index contributed by atoms with van der Waals surface area (Å²) in [5.74, 6) is 0.133. The van der Waals surface area contributed by atoms with E-state index >= 15 is 0 Å². The Morgan fingerprint density at radius 3 is 1.60 bits per heavy atom. The SMILES string of the molecule is C=C(Cc1ccc(OC)cc1)CC(Cc1ccc(OC)cc1)(C(=O)OC)C(=O)OC. The highest BCUT2D eigenvalue weighted by Crippen LogP contribution is 2.35. The molecule has 2 aromatic carbocycles. The topological polar surface area (TPSA) is 71.1 Å². The van der Waals surface area contributed by atoms with Gasteiger partial charge in [-0.3, -0.25) is 9.59 Å². The molecular formula is C24H28O6. The highest BCUT2D eigenvalue weighted by molar-refractivity contribution is 6.00. The number of carbonyl (C=O) groups excluding carboxylic acids is 2. The van der Waals surface area contributed by atoms with Crippen molar-refractivity contribution < 1.29 is 28.5 Å². The Labute approximate surface area is 177 Å². The van der Waals surface area contributed by atoms with Crippen molar-refractivity contribution in [2.75, 3.05) is 28.4 Å². The summed E-state index contributed by atoms with van der Waals surface area (Å²) in [5, 5.41) is 0. The highest BCUT2D eigenvalue weighted by Gasteiger charge is 2.48. The predicted octanol–water partition coefficient (Wildman–Crippen LogP) is 3.77. The van der Waals surface area contributed by atoms with Crippen molar-refractivity contribution in [2.24, 2.45) is 5.41 Å². The lowest BCUT2D eigenvalue weighted by Crippen LogP contribution is -2.43. The highest BCUT2D eigenvalue weighted by atomic mass is 16.5. The van der Waals surface area contributed by atoms with Crippen molar-refractivity contribution in [3.8, 4) is 11.5 Å². The molecule has 0 aliphatic carbocycles. The van der Waals surface area contributed by atoms with Crippen molar-refractivity contribution in [3.63, 3.8) is 0 Å². The van der Waals surface area contributed by atoms with E-state index in [-0.39, 0.29) is 12.8 Å². The van der Waals surface area contributed by atoms with Crippen molar-refractivity contribution in [3.05, 3.63) is 71.8 Å². The molecule has 0 bridgehead atoms. The number of rotatable bonds is 10. The maximum absolute atomic E-state index is 12.8. The number of ether oxygens (including phenoxy) is 4. The van der Waals surface area contributed by atoms with Gasteiger partial charge in [-0.05, 0) is 54.7 Å². The van der Waals surface area contributed by atoms with Gasteiger partial charge in [0.15, 0.2) is 5.41 Å². The first kappa shape index (κ1) is 23.0. The quantitative estimate of drug-likeness (QED) is 0.336. The Kier molecular flexibility index (Phi) is 8.04. The molecule has 160 valence electrons. The number of allylic oxidation sites excluding steroid dienone is 1. The van der Waals surface area contributed by atoms with Gasteiger partial charge in [0.25, 0.3) is 0 Å². The Morgan fingerprint density at radius 1 is 0.767 bits per heavy atom. The van der Waals surface area contributed by atoms with Gasteiger partial charge in [0, 0.05) is 0 Å². The lowest BCUT2D eigenvalue weighted by molar-refractivity contribution is -0.169. The first-order valence-corrected chi connectivity index (χ1v) is 9.48. The van der Waals surface area contributed by atoms with Crippen LogP contribution in [0, 0.1) is 5.41 Å². The van der Waals surface area contributed by atoms with E-state index in [1.807, 2.05) is 36.4 Å². The molecule has 2 rings (SSSR count). The molecule has 0 N–H and O–H groups in total. The fourth-order valence-corrected chi connectivity index (χ4v) is 3.44. The normalized spacial score (nSPS) is 10.8. The number of hydrogen-bond donors (Lipinski definition) is 0. The molecule has 0 aromatic heterocycles. The van der Waals surface area contributed by atoms with Gasteiger partial charge in [0.05, 0.1) is 28.4 Å². The summed E-state index contributed by atoms with van der Waals surface area (Å²) in [6.45, 7) is 4.11. The molecule has 2 aromatic rings. The molecule has 6 nitrogen and oxygen atoms in total. The summed E-state index contributed by atoms with van der Waals surface area (Å²) >= 11 is 0. The van der Waals surface area contributed by atoms with E-state index in [4.69, 9.17) is 18.9 Å². The first-order chi connectivity index (χ1) is 14.4. The Morgan fingerprint density at radius 2 is 1.20 bits per heavy atom. The lowest BCUT2D eigenvalue weighted by atomic mass is 9.75. The molecule has 0 spiro atoms. The smallest absolute Gasteiger partial charge is 0.323 e. The molecule has 0 aliphatic rings. The van der Waals surface area contributed by atoms with Crippen LogP contribution in [0.5, 0.6) is 11.5 Å². The van der Waals surface area contributed by atoms with Crippen LogP contribution in [0.3, 0.4) is 0 Å². The summed E-state index contributed by atoms with van der Waals surface area (Å²) in [7, 11) is 5.71. The first-order valence-electron chi connectivity index (χ1n) is 9.48. The van der Waals surface area contributed by atoms with E-state index in [0.29, 0.717) is 17.7 Å². The van der Waals surface area contributed by atoms with Crippen LogP contribution in [0.25, 0.3) is 0 Å². The number of methoxy groups -OCH3 is 4. The zero-order chi connectivity index (χ0) is 22.1. The molecular weight excluding hydrogens is 384 g/mol. The third-order valence-corrected chi connectivity index (χ3v) is 4.98. The molecule has 0 radical (unpaired) electrons. The lowest BCUT2D eigenvalue weighted by Gasteiger charge is -2.29. The zero-order valence-corrected chi connectivity index (χ0v) is 17.9. The van der Waals surface area contributed by atoms with Crippen molar-refractivity contribution >= 4 is 11.9 Å². The molecule has 0 aliphatic heterocycles. The Balaban J connectivity index is 2.31. The van der Waals surface area contributed by atoms with Crippen LogP contribution in [0.4, 0.5) is 0 Å². The Hall–Kier alpha value is -3.28. The van der Waals surface area contributed by atoms with Gasteiger partial charge in [-0.25, -0.2) is 0 Å². The second-order valence-corrected chi connectivity index (χ2v) is 7.04. The van der Waals surface area contributed by atoms with E-state index in [1.54, 1.807) is 26.4 Å². The molecule has 0 amide bonds. The van der Waals surface area contributed by atoms with Gasteiger partial charge in [0.1, 0.15) is 11.5 Å². The van der Waals surface area contributed by atoms with Gasteiger partial charge in [0.2, 0.25) is 0 Å². The third-order valence-electron chi connectivity index (χ3n) is 4.98. The van der Waals surface area contributed by atoms with E-state index in [1.165, 1.54) is 14.2 Å². The van der Waals surface area contributed by atoms with Gasteiger partial charge < -0.3 is 18.9 Å². The number of esters is 2. The molecule has 0 saturated heterocycles. The van der Waals surface area contributed by atoms with Crippen molar-refractivity contribution in [2.45, 2.75) is 19.3 Å². The van der Waals surface area contributed by atoms with Crippen LogP contribution < -0.4 is 9.47 Å². The van der Waals surface area contributed by atoms with E-state index in [9.17, 15) is 9.59 Å². The minimum Gasteiger partial charge on any atom is -0.497 e. The average molecular weight is 412 g/mol. The summed E-state index contributed by atoms with van der Waals surface area (Å²) in [5.41, 5.74) is 0.962. The maximum atomic E-state index is 12.8. The summed E-state index contributed by atoms with van der Waals surface area (Å²) in [6, 6.07) is 14.7. The van der Waals surface area contributed by atoms with Crippen molar-refractivity contribution in [1.82, 2.24) is 0 Å². The number of hydrogen-bond acceptors (Lipinski definition) is 6. The van der Waals surface area contributed by atoms with Gasteiger partial charge in [-0.1, -0.05) is 36.4 Å². The molecule has 0 heterocycles. The van der Waals surface area contributed by atoms with E-state index < -0.39 is 17.4 Å². The van der Waals surface area contributed by atoms with Crippen LogP contribution in [0.15, 0.2) is 60.7 Å². The molecule has 0 atom stereocenters. The van der Waals surface area contributed by atoms with E-state index in [0.717, 1.165) is 16.9 Å². The predicted molar refractivity (Wildman–Crippen MR) is 114 cm³/mol. The third kappa shape index (κ3) is 5.41. The van der Waals surface area contributed by atoms with Crippen LogP contribution in [-0.2, 0) is 31.9 Å². The fourth-order valence-electron chi connectivity index (χ4n) is 3.44. The van der Waals surface area contributed by atoms with Crippen molar-refractivity contribution in [1.29, 1.82) is 0 Å². The average Bonchev–Trinajstić information content (AvgIpc) is 2.78. The summed E-state index contributed by atoms with van der Waals surface area (Å²) in [6.07, 6.45) is 0.727. The minimum atomic E-state index is -1.53. The summed E-state index contributed by atoms with van der Waals surface area (Å²) < 4.78 is 20.4. The minimum absolute atomic E-state index is 0.102. The fraction of sp³-hybridized carbons (Fsp3) is 0.333. The second-order valence-electron chi connectivity index (χ2n) is 7.04. The molecule has 0 unspecified atom stereocenters. The van der Waals surface area contributed by atoms with Crippen LogP contribution in [0.1, 0.15) is 17.5 Å². The van der Waals surface area contributed by atoms with Gasteiger partial charge in [-0.15, -0.1) is 0 Å². The molecule has 6 heteroatoms. The maximum Gasteiger partial charge on any atom is 0.323 e. The Bertz CT molecular complexity index is 852. The molecule has 0 saturated carbocycles. The second kappa shape index (κ2) is 10.5. The summed E-state index contributed by atoms with van der Waals surface area (Å²) in [4.78, 5) is 25.7. The number of benzene rings is 2. The van der Waals surface area contributed by atoms with Gasteiger partial charge >= 0.3 is 11.9 Å². The zero-order valence-electron chi connectivity index (χ0n) is 17.9. The monoisotopic (exact) mass is 412 g/mol. The largest absolute Gasteiger partial charge is 0.497 e. The van der Waals surface area contributed by atoms with Crippen LogP contribution in [-0.4, -0.2) is 40.4 Å². The molecule has 0 fully saturated rings. The van der Waals surface area contributed by atoms with Gasteiger partial charge in [-0.2, -0.15) is 0 Å². The number of carbonyl (C=O) groups is 2. The van der Waals surface area contributed by atoms with E-state index in [2.05, 4.69) is 6.58 Å².